The van der Waals surface area contributed by atoms with Gasteiger partial charge in [-0.15, -0.1) is 0 Å². The molecule has 1 heterocycles. The van der Waals surface area contributed by atoms with E-state index in [2.05, 4.69) is 0 Å². The third-order valence-electron chi connectivity index (χ3n) is 3.77. The van der Waals surface area contributed by atoms with Gasteiger partial charge in [-0.1, -0.05) is 11.6 Å². The first kappa shape index (κ1) is 16.9. The van der Waals surface area contributed by atoms with Crippen LogP contribution < -0.4 is 4.74 Å². The molecule has 0 N–H and O–H groups in total. The fourth-order valence-electron chi connectivity index (χ4n) is 2.54. The minimum atomic E-state index is -0.597. The van der Waals surface area contributed by atoms with E-state index in [9.17, 15) is 19.7 Å². The van der Waals surface area contributed by atoms with Crippen LogP contribution in [-0.4, -0.2) is 34.8 Å². The Morgan fingerprint density at radius 2 is 1.72 bits per heavy atom. The highest BCUT2D eigenvalue weighted by molar-refractivity contribution is 6.30. The Labute approximate surface area is 147 Å². The van der Waals surface area contributed by atoms with Crippen molar-refractivity contribution >= 4 is 29.1 Å². The van der Waals surface area contributed by atoms with Crippen molar-refractivity contribution in [3.05, 3.63) is 68.7 Å². The zero-order valence-electron chi connectivity index (χ0n) is 13.0. The maximum Gasteiger partial charge on any atom is 0.270 e. The van der Waals surface area contributed by atoms with Crippen molar-refractivity contribution in [3.8, 4) is 5.75 Å². The minimum Gasteiger partial charge on any atom is -0.494 e. The van der Waals surface area contributed by atoms with Gasteiger partial charge in [-0.2, -0.15) is 0 Å². The molecule has 0 bridgehead atoms. The summed E-state index contributed by atoms with van der Waals surface area (Å²) in [6.45, 7) is 0.489. The lowest BCUT2D eigenvalue weighted by atomic mass is 10.1. The van der Waals surface area contributed by atoms with Crippen LogP contribution in [0, 0.1) is 10.1 Å². The Kier molecular flexibility index (Phi) is 4.67. The van der Waals surface area contributed by atoms with Crippen molar-refractivity contribution in [1.29, 1.82) is 0 Å². The molecule has 25 heavy (non-hydrogen) atoms. The molecule has 3 rings (SSSR count). The number of rotatable bonds is 6. The van der Waals surface area contributed by atoms with Crippen molar-refractivity contribution < 1.29 is 19.2 Å². The molecule has 2 aromatic rings. The van der Waals surface area contributed by atoms with Gasteiger partial charge in [0.05, 0.1) is 22.7 Å². The minimum absolute atomic E-state index is 0.0674. The first-order valence-electron chi connectivity index (χ1n) is 7.50. The number of imide groups is 1. The fourth-order valence-corrected chi connectivity index (χ4v) is 2.66. The first-order chi connectivity index (χ1) is 12.0. The molecule has 128 valence electrons. The number of nitro benzene ring substituents is 1. The van der Waals surface area contributed by atoms with Crippen molar-refractivity contribution in [2.75, 3.05) is 13.2 Å². The van der Waals surface area contributed by atoms with Gasteiger partial charge in [-0.25, -0.2) is 0 Å². The summed E-state index contributed by atoms with van der Waals surface area (Å²) in [4.78, 5) is 35.9. The molecular formula is C17H13ClN2O5. The van der Waals surface area contributed by atoms with Gasteiger partial charge in [-0.3, -0.25) is 24.6 Å². The van der Waals surface area contributed by atoms with E-state index in [-0.39, 0.29) is 23.4 Å². The van der Waals surface area contributed by atoms with E-state index in [0.29, 0.717) is 23.8 Å². The summed E-state index contributed by atoms with van der Waals surface area (Å²) in [7, 11) is 0. The van der Waals surface area contributed by atoms with Crippen LogP contribution >= 0.6 is 11.6 Å². The van der Waals surface area contributed by atoms with Crippen LogP contribution in [0.4, 0.5) is 5.69 Å². The molecular weight excluding hydrogens is 348 g/mol. The van der Waals surface area contributed by atoms with Gasteiger partial charge in [0.1, 0.15) is 5.75 Å². The Balaban J connectivity index is 1.60. The van der Waals surface area contributed by atoms with E-state index in [4.69, 9.17) is 16.3 Å². The Morgan fingerprint density at radius 1 is 1.04 bits per heavy atom. The molecule has 0 spiro atoms. The number of hydrogen-bond acceptors (Lipinski definition) is 5. The monoisotopic (exact) mass is 360 g/mol. The molecule has 8 heteroatoms. The second-order valence-corrected chi connectivity index (χ2v) is 5.84. The van der Waals surface area contributed by atoms with Crippen LogP contribution in [0.5, 0.6) is 5.75 Å². The van der Waals surface area contributed by atoms with Crippen LogP contribution in [0.2, 0.25) is 5.02 Å². The maximum absolute atomic E-state index is 12.3. The number of non-ortho nitro benzene ring substituents is 1. The average molecular weight is 361 g/mol. The molecule has 7 nitrogen and oxygen atoms in total. The van der Waals surface area contributed by atoms with E-state index in [1.807, 2.05) is 0 Å². The largest absolute Gasteiger partial charge is 0.494 e. The maximum atomic E-state index is 12.3. The average Bonchev–Trinajstić information content (AvgIpc) is 2.84. The molecule has 0 atom stereocenters. The summed E-state index contributed by atoms with van der Waals surface area (Å²) in [5.74, 6) is -0.320. The summed E-state index contributed by atoms with van der Waals surface area (Å²) >= 11 is 5.79. The first-order valence-corrected chi connectivity index (χ1v) is 7.88. The lowest BCUT2D eigenvalue weighted by molar-refractivity contribution is -0.384. The Bertz CT molecular complexity index is 851. The number of benzene rings is 2. The second-order valence-electron chi connectivity index (χ2n) is 5.40. The van der Waals surface area contributed by atoms with E-state index in [1.54, 1.807) is 24.3 Å². The summed E-state index contributed by atoms with van der Waals surface area (Å²) in [6.07, 6.45) is 0.441. The van der Waals surface area contributed by atoms with Crippen LogP contribution in [0.25, 0.3) is 0 Å². The van der Waals surface area contributed by atoms with Crippen molar-refractivity contribution in [3.63, 3.8) is 0 Å². The topological polar surface area (TPSA) is 89.8 Å². The third kappa shape index (κ3) is 3.46. The van der Waals surface area contributed by atoms with E-state index in [0.717, 1.165) is 11.0 Å². The molecule has 2 amide bonds. The summed E-state index contributed by atoms with van der Waals surface area (Å²) in [5, 5.41) is 11.4. The number of halogens is 1. The molecule has 0 fully saturated rings. The molecule has 2 aromatic carbocycles. The van der Waals surface area contributed by atoms with Crippen LogP contribution in [-0.2, 0) is 0 Å². The SMILES string of the molecule is O=C1c2ccc([N+](=O)[O-])cc2C(=O)N1CCCOc1ccc(Cl)cc1. The smallest absolute Gasteiger partial charge is 0.270 e. The predicted molar refractivity (Wildman–Crippen MR) is 90.0 cm³/mol. The highest BCUT2D eigenvalue weighted by atomic mass is 35.5. The molecule has 0 radical (unpaired) electrons. The highest BCUT2D eigenvalue weighted by Crippen LogP contribution is 2.27. The summed E-state index contributed by atoms with van der Waals surface area (Å²) < 4.78 is 5.52. The lowest BCUT2D eigenvalue weighted by Gasteiger charge is -2.14. The van der Waals surface area contributed by atoms with Crippen LogP contribution in [0.3, 0.4) is 0 Å². The quantitative estimate of drug-likeness (QED) is 0.341. The molecule has 0 unspecified atom stereocenters. The number of ether oxygens (including phenoxy) is 1. The van der Waals surface area contributed by atoms with Gasteiger partial charge in [0.25, 0.3) is 17.5 Å². The second kappa shape index (κ2) is 6.90. The number of nitrogens with zero attached hydrogens (tertiary/aromatic N) is 2. The van der Waals surface area contributed by atoms with Gasteiger partial charge in [-0.05, 0) is 36.8 Å². The van der Waals surface area contributed by atoms with Gasteiger partial charge in [0.15, 0.2) is 0 Å². The molecule has 1 aliphatic rings. The Morgan fingerprint density at radius 3 is 2.40 bits per heavy atom. The van der Waals surface area contributed by atoms with Gasteiger partial charge >= 0.3 is 0 Å². The van der Waals surface area contributed by atoms with E-state index < -0.39 is 16.7 Å². The van der Waals surface area contributed by atoms with E-state index >= 15 is 0 Å². The number of carbonyl (C=O) groups excluding carboxylic acids is 2. The molecule has 0 saturated carbocycles. The van der Waals surface area contributed by atoms with Crippen LogP contribution in [0.15, 0.2) is 42.5 Å². The zero-order chi connectivity index (χ0) is 18.0. The lowest BCUT2D eigenvalue weighted by Crippen LogP contribution is -2.31. The standard InChI is InChI=1S/C17H13ClN2O5/c18-11-2-5-13(6-3-11)25-9-1-8-19-16(21)14-7-4-12(20(23)24)10-15(14)17(19)22/h2-7,10H,1,8-9H2. The number of fused-ring (bicyclic) bond motifs is 1. The predicted octanol–water partition coefficient (Wildman–Crippen LogP) is 3.31. The van der Waals surface area contributed by atoms with Crippen molar-refractivity contribution in [2.24, 2.45) is 0 Å². The zero-order valence-corrected chi connectivity index (χ0v) is 13.7. The molecule has 0 aromatic heterocycles. The molecule has 0 saturated heterocycles. The summed E-state index contributed by atoms with van der Waals surface area (Å²) in [6, 6.07) is 10.5. The number of hydrogen-bond donors (Lipinski definition) is 0. The van der Waals surface area contributed by atoms with E-state index in [1.165, 1.54) is 12.1 Å². The number of nitro groups is 1. The normalized spacial score (nSPS) is 13.1. The fraction of sp³-hybridized carbons (Fsp3) is 0.176. The van der Waals surface area contributed by atoms with Crippen LogP contribution in [0.1, 0.15) is 27.1 Å². The molecule has 0 aliphatic carbocycles. The van der Waals surface area contributed by atoms with Gasteiger partial charge in [0, 0.05) is 23.7 Å². The van der Waals surface area contributed by atoms with Gasteiger partial charge in [0.2, 0.25) is 0 Å². The highest BCUT2D eigenvalue weighted by Gasteiger charge is 2.36. The summed E-state index contributed by atoms with van der Waals surface area (Å²) in [5.41, 5.74) is 0.0415. The van der Waals surface area contributed by atoms with Gasteiger partial charge < -0.3 is 4.74 Å². The Hall–Kier alpha value is -2.93. The number of amides is 2. The van der Waals surface area contributed by atoms with Crippen molar-refractivity contribution in [2.45, 2.75) is 6.42 Å². The van der Waals surface area contributed by atoms with Crippen molar-refractivity contribution in [1.82, 2.24) is 4.90 Å². The number of carbonyl (C=O) groups is 2. The molecule has 1 aliphatic heterocycles. The third-order valence-corrected chi connectivity index (χ3v) is 4.03.